The van der Waals surface area contributed by atoms with Gasteiger partial charge in [-0.2, -0.15) is 13.2 Å². The van der Waals surface area contributed by atoms with Crippen molar-refractivity contribution in [2.75, 3.05) is 26.2 Å². The van der Waals surface area contributed by atoms with E-state index in [1.165, 1.54) is 12.1 Å². The lowest BCUT2D eigenvalue weighted by atomic mass is 10.0. The molecule has 0 aromatic heterocycles. The number of hydrogen-bond donors (Lipinski definition) is 2. The number of ether oxygens (including phenoxy) is 1. The first-order valence-corrected chi connectivity index (χ1v) is 7.78. The van der Waals surface area contributed by atoms with Crippen LogP contribution < -0.4 is 10.1 Å². The average Bonchev–Trinajstić information content (AvgIpc) is 3.01. The van der Waals surface area contributed by atoms with Crippen LogP contribution in [0.3, 0.4) is 0 Å². The standard InChI is InChI=1S/C16H21F3N2O3/c1-11(22)12-5-7-21(10-12)15(23)20-6-8-24-14-4-2-3-13(9-14)16(17,18)19/h2-4,9,11-12,22H,5-8,10H2,1H3,(H,20,23). The Balaban J connectivity index is 1.73. The third-order valence-electron chi connectivity index (χ3n) is 4.00. The fourth-order valence-corrected chi connectivity index (χ4v) is 2.57. The van der Waals surface area contributed by atoms with Crippen LogP contribution in [0.5, 0.6) is 5.75 Å². The molecular formula is C16H21F3N2O3. The number of benzene rings is 1. The number of hydrogen-bond acceptors (Lipinski definition) is 3. The molecule has 2 amide bonds. The number of halogens is 3. The van der Waals surface area contributed by atoms with Crippen LogP contribution in [0.4, 0.5) is 18.0 Å². The van der Waals surface area contributed by atoms with Crippen molar-refractivity contribution in [1.29, 1.82) is 0 Å². The van der Waals surface area contributed by atoms with Crippen molar-refractivity contribution in [3.05, 3.63) is 29.8 Å². The molecule has 0 aliphatic carbocycles. The fraction of sp³-hybridized carbons (Fsp3) is 0.562. The van der Waals surface area contributed by atoms with Gasteiger partial charge < -0.3 is 20.1 Å². The van der Waals surface area contributed by atoms with E-state index >= 15 is 0 Å². The zero-order valence-corrected chi connectivity index (χ0v) is 13.3. The summed E-state index contributed by atoms with van der Waals surface area (Å²) in [6.45, 7) is 3.04. The van der Waals surface area contributed by atoms with Gasteiger partial charge in [0.05, 0.1) is 18.2 Å². The molecule has 5 nitrogen and oxygen atoms in total. The summed E-state index contributed by atoms with van der Waals surface area (Å²) in [5.41, 5.74) is -0.773. The molecular weight excluding hydrogens is 325 g/mol. The molecule has 134 valence electrons. The Morgan fingerprint density at radius 2 is 2.25 bits per heavy atom. The van der Waals surface area contributed by atoms with E-state index in [4.69, 9.17) is 4.74 Å². The highest BCUT2D eigenvalue weighted by atomic mass is 19.4. The second-order valence-electron chi connectivity index (χ2n) is 5.84. The second kappa shape index (κ2) is 7.74. The minimum Gasteiger partial charge on any atom is -0.492 e. The Hall–Kier alpha value is -1.96. The lowest BCUT2D eigenvalue weighted by Crippen LogP contribution is -2.40. The van der Waals surface area contributed by atoms with Crippen LogP contribution in [0.2, 0.25) is 0 Å². The van der Waals surface area contributed by atoms with Crippen molar-refractivity contribution in [3.8, 4) is 5.75 Å². The number of carbonyl (C=O) groups is 1. The van der Waals surface area contributed by atoms with Crippen LogP contribution in [-0.4, -0.2) is 48.4 Å². The number of nitrogens with zero attached hydrogens (tertiary/aromatic N) is 1. The summed E-state index contributed by atoms with van der Waals surface area (Å²) in [5.74, 6) is 0.187. The van der Waals surface area contributed by atoms with E-state index in [2.05, 4.69) is 5.32 Å². The predicted molar refractivity (Wildman–Crippen MR) is 81.7 cm³/mol. The number of carbonyl (C=O) groups excluding carboxylic acids is 1. The summed E-state index contributed by atoms with van der Waals surface area (Å²) < 4.78 is 43.0. The van der Waals surface area contributed by atoms with Crippen LogP contribution in [-0.2, 0) is 6.18 Å². The Morgan fingerprint density at radius 1 is 1.50 bits per heavy atom. The van der Waals surface area contributed by atoms with Crippen molar-refractivity contribution in [3.63, 3.8) is 0 Å². The van der Waals surface area contributed by atoms with Gasteiger partial charge in [-0.25, -0.2) is 4.79 Å². The largest absolute Gasteiger partial charge is 0.492 e. The van der Waals surface area contributed by atoms with E-state index in [0.29, 0.717) is 13.1 Å². The van der Waals surface area contributed by atoms with Crippen LogP contribution >= 0.6 is 0 Å². The summed E-state index contributed by atoms with van der Waals surface area (Å²) in [7, 11) is 0. The van der Waals surface area contributed by atoms with Crippen molar-refractivity contribution in [1.82, 2.24) is 10.2 Å². The maximum atomic E-state index is 12.6. The summed E-state index contributed by atoms with van der Waals surface area (Å²) in [6, 6.07) is 4.35. The molecule has 0 spiro atoms. The smallest absolute Gasteiger partial charge is 0.416 e. The Morgan fingerprint density at radius 3 is 2.88 bits per heavy atom. The summed E-state index contributed by atoms with van der Waals surface area (Å²) in [5, 5.41) is 12.2. The third-order valence-corrected chi connectivity index (χ3v) is 4.00. The predicted octanol–water partition coefficient (Wildman–Crippen LogP) is 2.50. The van der Waals surface area contributed by atoms with Crippen molar-refractivity contribution in [2.24, 2.45) is 5.92 Å². The number of rotatable bonds is 5. The third kappa shape index (κ3) is 5.02. The first-order valence-electron chi connectivity index (χ1n) is 7.78. The number of urea groups is 1. The quantitative estimate of drug-likeness (QED) is 0.806. The number of alkyl halides is 3. The van der Waals surface area contributed by atoms with E-state index in [0.717, 1.165) is 18.6 Å². The summed E-state index contributed by atoms with van der Waals surface area (Å²) in [6.07, 6.45) is -4.11. The molecule has 1 aliphatic heterocycles. The molecule has 2 unspecified atom stereocenters. The van der Waals surface area contributed by atoms with Gasteiger partial charge in [0.25, 0.3) is 0 Å². The average molecular weight is 346 g/mol. The van der Waals surface area contributed by atoms with Gasteiger partial charge in [-0.15, -0.1) is 0 Å². The molecule has 0 saturated carbocycles. The zero-order chi connectivity index (χ0) is 17.7. The molecule has 2 N–H and O–H groups in total. The SMILES string of the molecule is CC(O)C1CCN(C(=O)NCCOc2cccc(C(F)(F)F)c2)C1. The minimum atomic E-state index is -4.41. The number of likely N-dealkylation sites (tertiary alicyclic amines) is 1. The Kier molecular flexibility index (Phi) is 5.93. The molecule has 2 rings (SSSR count). The number of amides is 2. The van der Waals surface area contributed by atoms with Crippen LogP contribution in [0.15, 0.2) is 24.3 Å². The monoisotopic (exact) mass is 346 g/mol. The van der Waals surface area contributed by atoms with Crippen molar-refractivity contribution >= 4 is 6.03 Å². The highest BCUT2D eigenvalue weighted by Crippen LogP contribution is 2.31. The Labute approximate surface area is 138 Å². The van der Waals surface area contributed by atoms with Gasteiger partial charge in [0.1, 0.15) is 12.4 Å². The maximum absolute atomic E-state index is 12.6. The van der Waals surface area contributed by atoms with Crippen molar-refractivity contribution in [2.45, 2.75) is 25.6 Å². The lowest BCUT2D eigenvalue weighted by molar-refractivity contribution is -0.137. The molecule has 1 saturated heterocycles. The number of nitrogens with one attached hydrogen (secondary N) is 1. The molecule has 1 heterocycles. The first kappa shape index (κ1) is 18.4. The molecule has 0 radical (unpaired) electrons. The van der Waals surface area contributed by atoms with Gasteiger partial charge in [0.15, 0.2) is 0 Å². The molecule has 1 aliphatic rings. The second-order valence-corrected chi connectivity index (χ2v) is 5.84. The molecule has 1 fully saturated rings. The molecule has 24 heavy (non-hydrogen) atoms. The van der Waals surface area contributed by atoms with Crippen LogP contribution in [0.25, 0.3) is 0 Å². The van der Waals surface area contributed by atoms with E-state index < -0.39 is 17.8 Å². The van der Waals surface area contributed by atoms with Crippen molar-refractivity contribution < 1.29 is 27.8 Å². The summed E-state index contributed by atoms with van der Waals surface area (Å²) >= 11 is 0. The number of aliphatic hydroxyl groups is 1. The van der Waals surface area contributed by atoms with E-state index in [1.54, 1.807) is 11.8 Å². The first-order chi connectivity index (χ1) is 11.3. The highest BCUT2D eigenvalue weighted by Gasteiger charge is 2.31. The number of aliphatic hydroxyl groups excluding tert-OH is 1. The normalized spacial score (nSPS) is 19.2. The molecule has 1 aromatic rings. The molecule has 2 atom stereocenters. The van der Waals surface area contributed by atoms with Gasteiger partial charge in [0.2, 0.25) is 0 Å². The van der Waals surface area contributed by atoms with Crippen LogP contribution in [0, 0.1) is 5.92 Å². The minimum absolute atomic E-state index is 0.0702. The fourth-order valence-electron chi connectivity index (χ4n) is 2.57. The lowest BCUT2D eigenvalue weighted by Gasteiger charge is -2.18. The van der Waals surface area contributed by atoms with E-state index in [9.17, 15) is 23.1 Å². The maximum Gasteiger partial charge on any atom is 0.416 e. The highest BCUT2D eigenvalue weighted by molar-refractivity contribution is 5.74. The van der Waals surface area contributed by atoms with Gasteiger partial charge in [0, 0.05) is 19.0 Å². The molecule has 0 bridgehead atoms. The summed E-state index contributed by atoms with van der Waals surface area (Å²) in [4.78, 5) is 13.6. The molecule has 1 aromatic carbocycles. The van der Waals surface area contributed by atoms with E-state index in [1.807, 2.05) is 0 Å². The van der Waals surface area contributed by atoms with E-state index in [-0.39, 0.29) is 30.9 Å². The molecule has 8 heteroatoms. The van der Waals surface area contributed by atoms with Gasteiger partial charge in [-0.05, 0) is 31.5 Å². The van der Waals surface area contributed by atoms with Gasteiger partial charge in [-0.1, -0.05) is 6.07 Å². The van der Waals surface area contributed by atoms with Gasteiger partial charge >= 0.3 is 12.2 Å². The Bertz CT molecular complexity index is 564. The topological polar surface area (TPSA) is 61.8 Å². The van der Waals surface area contributed by atoms with Gasteiger partial charge in [-0.3, -0.25) is 0 Å². The zero-order valence-electron chi connectivity index (χ0n) is 13.3. The van der Waals surface area contributed by atoms with Crippen LogP contribution in [0.1, 0.15) is 18.9 Å².